The average molecular weight is 303 g/mol. The fourth-order valence-electron chi connectivity index (χ4n) is 2.16. The second-order valence-electron chi connectivity index (χ2n) is 5.36. The van der Waals surface area contributed by atoms with Gasteiger partial charge in [0.1, 0.15) is 5.75 Å². The van der Waals surface area contributed by atoms with Crippen LogP contribution in [0.15, 0.2) is 41.1 Å². The summed E-state index contributed by atoms with van der Waals surface area (Å²) in [5.74, 6) is 0.973. The molecule has 21 heavy (non-hydrogen) atoms. The van der Waals surface area contributed by atoms with Gasteiger partial charge in [0.25, 0.3) is 0 Å². The molecular formula is C18H25NOS. The van der Waals surface area contributed by atoms with Crippen LogP contribution in [0.25, 0.3) is 0 Å². The Labute approximate surface area is 132 Å². The van der Waals surface area contributed by atoms with Gasteiger partial charge in [0.2, 0.25) is 0 Å². The van der Waals surface area contributed by atoms with E-state index < -0.39 is 0 Å². The molecule has 1 heterocycles. The fourth-order valence-corrected chi connectivity index (χ4v) is 2.91. The zero-order valence-corrected chi connectivity index (χ0v) is 13.8. The third-order valence-corrected chi connectivity index (χ3v) is 4.30. The SMILES string of the molecule is CCCCCOc1ccc(CNC(C)c2ccsc2)cc1. The van der Waals surface area contributed by atoms with E-state index in [1.165, 1.54) is 24.0 Å². The summed E-state index contributed by atoms with van der Waals surface area (Å²) in [6, 6.07) is 11.0. The largest absolute Gasteiger partial charge is 0.494 e. The molecule has 0 fully saturated rings. The summed E-state index contributed by atoms with van der Waals surface area (Å²) in [4.78, 5) is 0. The highest BCUT2D eigenvalue weighted by molar-refractivity contribution is 7.07. The summed E-state index contributed by atoms with van der Waals surface area (Å²) in [6.45, 7) is 6.11. The predicted molar refractivity (Wildman–Crippen MR) is 91.0 cm³/mol. The second kappa shape index (κ2) is 8.85. The molecule has 0 spiro atoms. The number of hydrogen-bond acceptors (Lipinski definition) is 3. The van der Waals surface area contributed by atoms with Crippen LogP contribution in [0.3, 0.4) is 0 Å². The van der Waals surface area contributed by atoms with Crippen molar-refractivity contribution in [2.24, 2.45) is 0 Å². The van der Waals surface area contributed by atoms with Crippen LogP contribution < -0.4 is 10.1 Å². The van der Waals surface area contributed by atoms with Gasteiger partial charge in [-0.3, -0.25) is 0 Å². The lowest BCUT2D eigenvalue weighted by Crippen LogP contribution is -2.17. The molecule has 0 radical (unpaired) electrons. The van der Waals surface area contributed by atoms with Crippen molar-refractivity contribution in [1.82, 2.24) is 5.32 Å². The number of thiophene rings is 1. The van der Waals surface area contributed by atoms with Crippen molar-refractivity contribution in [2.75, 3.05) is 6.61 Å². The molecule has 0 amide bonds. The molecule has 0 saturated carbocycles. The van der Waals surface area contributed by atoms with E-state index in [2.05, 4.69) is 60.3 Å². The molecule has 2 nitrogen and oxygen atoms in total. The Hall–Kier alpha value is -1.32. The Morgan fingerprint density at radius 1 is 1.14 bits per heavy atom. The van der Waals surface area contributed by atoms with Crippen molar-refractivity contribution < 1.29 is 4.74 Å². The van der Waals surface area contributed by atoms with Crippen LogP contribution in [0.5, 0.6) is 5.75 Å². The van der Waals surface area contributed by atoms with Gasteiger partial charge in [-0.1, -0.05) is 31.9 Å². The molecule has 0 aliphatic heterocycles. The average Bonchev–Trinajstić information content (AvgIpc) is 3.05. The molecule has 114 valence electrons. The number of rotatable bonds is 9. The lowest BCUT2D eigenvalue weighted by molar-refractivity contribution is 0.306. The smallest absolute Gasteiger partial charge is 0.119 e. The Bertz CT molecular complexity index is 492. The van der Waals surface area contributed by atoms with Gasteiger partial charge in [-0.2, -0.15) is 11.3 Å². The molecule has 0 aliphatic rings. The van der Waals surface area contributed by atoms with Gasteiger partial charge in [0.15, 0.2) is 0 Å². The second-order valence-corrected chi connectivity index (χ2v) is 6.14. The maximum atomic E-state index is 5.73. The summed E-state index contributed by atoms with van der Waals surface area (Å²) >= 11 is 1.75. The first kappa shape index (κ1) is 16.1. The van der Waals surface area contributed by atoms with Crippen LogP contribution in [0.1, 0.15) is 50.3 Å². The van der Waals surface area contributed by atoms with Crippen molar-refractivity contribution in [3.05, 3.63) is 52.2 Å². The van der Waals surface area contributed by atoms with Crippen LogP contribution in [0, 0.1) is 0 Å². The van der Waals surface area contributed by atoms with Gasteiger partial charge in [-0.25, -0.2) is 0 Å². The number of benzene rings is 1. The lowest BCUT2D eigenvalue weighted by atomic mass is 10.1. The standard InChI is InChI=1S/C18H25NOS/c1-3-4-5-11-20-18-8-6-16(7-9-18)13-19-15(2)17-10-12-21-14-17/h6-10,12,14-15,19H,3-5,11,13H2,1-2H3. The van der Waals surface area contributed by atoms with E-state index in [1.807, 2.05) is 0 Å². The molecule has 1 aromatic carbocycles. The molecule has 0 saturated heterocycles. The lowest BCUT2D eigenvalue weighted by Gasteiger charge is -2.13. The number of ether oxygens (including phenoxy) is 1. The number of nitrogens with one attached hydrogen (secondary N) is 1. The molecule has 1 aromatic heterocycles. The van der Waals surface area contributed by atoms with Gasteiger partial charge in [-0.05, 0) is 53.4 Å². The van der Waals surface area contributed by atoms with E-state index in [1.54, 1.807) is 11.3 Å². The van der Waals surface area contributed by atoms with Crippen molar-refractivity contribution in [2.45, 2.75) is 45.7 Å². The molecule has 1 atom stereocenters. The third-order valence-electron chi connectivity index (χ3n) is 3.60. The summed E-state index contributed by atoms with van der Waals surface area (Å²) in [5, 5.41) is 7.87. The highest BCUT2D eigenvalue weighted by atomic mass is 32.1. The van der Waals surface area contributed by atoms with Gasteiger partial charge in [0.05, 0.1) is 6.61 Å². The van der Waals surface area contributed by atoms with E-state index >= 15 is 0 Å². The molecule has 1 unspecified atom stereocenters. The monoisotopic (exact) mass is 303 g/mol. The first-order valence-electron chi connectivity index (χ1n) is 7.77. The molecule has 1 N–H and O–H groups in total. The minimum absolute atomic E-state index is 0.390. The number of hydrogen-bond donors (Lipinski definition) is 1. The Balaban J connectivity index is 1.74. The van der Waals surface area contributed by atoms with Gasteiger partial charge in [-0.15, -0.1) is 0 Å². The molecule has 0 aliphatic carbocycles. The van der Waals surface area contributed by atoms with E-state index in [9.17, 15) is 0 Å². The quantitative estimate of drug-likeness (QED) is 0.645. The minimum Gasteiger partial charge on any atom is -0.494 e. The zero-order chi connectivity index (χ0) is 14.9. The van der Waals surface area contributed by atoms with Gasteiger partial charge >= 0.3 is 0 Å². The fraction of sp³-hybridized carbons (Fsp3) is 0.444. The van der Waals surface area contributed by atoms with E-state index in [-0.39, 0.29) is 0 Å². The van der Waals surface area contributed by atoms with Gasteiger partial charge in [0, 0.05) is 12.6 Å². The Morgan fingerprint density at radius 3 is 2.62 bits per heavy atom. The highest BCUT2D eigenvalue weighted by Gasteiger charge is 2.04. The maximum Gasteiger partial charge on any atom is 0.119 e. The van der Waals surface area contributed by atoms with Crippen LogP contribution in [-0.2, 0) is 6.54 Å². The normalized spacial score (nSPS) is 12.3. The predicted octanol–water partition coefficient (Wildman–Crippen LogP) is 5.17. The Kier molecular flexibility index (Phi) is 6.77. The maximum absolute atomic E-state index is 5.73. The summed E-state index contributed by atoms with van der Waals surface area (Å²) in [5.41, 5.74) is 2.65. The van der Waals surface area contributed by atoms with Gasteiger partial charge < -0.3 is 10.1 Å². The zero-order valence-electron chi connectivity index (χ0n) is 13.0. The van der Waals surface area contributed by atoms with Crippen LogP contribution in [0.2, 0.25) is 0 Å². The van der Waals surface area contributed by atoms with Crippen molar-refractivity contribution in [3.8, 4) is 5.75 Å². The first-order chi connectivity index (χ1) is 10.3. The van der Waals surface area contributed by atoms with Crippen molar-refractivity contribution in [3.63, 3.8) is 0 Å². The van der Waals surface area contributed by atoms with E-state index in [0.29, 0.717) is 6.04 Å². The molecule has 2 aromatic rings. The minimum atomic E-state index is 0.390. The van der Waals surface area contributed by atoms with Crippen molar-refractivity contribution >= 4 is 11.3 Å². The van der Waals surface area contributed by atoms with Crippen LogP contribution >= 0.6 is 11.3 Å². The van der Waals surface area contributed by atoms with E-state index in [0.717, 1.165) is 25.3 Å². The first-order valence-corrected chi connectivity index (χ1v) is 8.71. The van der Waals surface area contributed by atoms with Crippen molar-refractivity contribution in [1.29, 1.82) is 0 Å². The summed E-state index contributed by atoms with van der Waals surface area (Å²) < 4.78 is 5.73. The van der Waals surface area contributed by atoms with E-state index in [4.69, 9.17) is 4.74 Å². The molecule has 0 bridgehead atoms. The third kappa shape index (κ3) is 5.52. The Morgan fingerprint density at radius 2 is 1.95 bits per heavy atom. The van der Waals surface area contributed by atoms with Crippen LogP contribution in [-0.4, -0.2) is 6.61 Å². The molecule has 2 rings (SSSR count). The molecule has 3 heteroatoms. The molecular weight excluding hydrogens is 278 g/mol. The summed E-state index contributed by atoms with van der Waals surface area (Å²) in [7, 11) is 0. The highest BCUT2D eigenvalue weighted by Crippen LogP contribution is 2.17. The summed E-state index contributed by atoms with van der Waals surface area (Å²) in [6.07, 6.45) is 3.61. The number of unbranched alkanes of at least 4 members (excludes halogenated alkanes) is 2. The van der Waals surface area contributed by atoms with Crippen LogP contribution in [0.4, 0.5) is 0 Å². The topological polar surface area (TPSA) is 21.3 Å².